The minimum Gasteiger partial charge on any atom is -0.379 e. The molecule has 16 heavy (non-hydrogen) atoms. The van der Waals surface area contributed by atoms with Crippen molar-refractivity contribution in [1.82, 2.24) is 9.88 Å². The van der Waals surface area contributed by atoms with Gasteiger partial charge in [-0.3, -0.25) is 4.90 Å². The Morgan fingerprint density at radius 3 is 2.88 bits per heavy atom. The number of hydrogen-bond acceptors (Lipinski definition) is 5. The fourth-order valence-electron chi connectivity index (χ4n) is 1.74. The van der Waals surface area contributed by atoms with Gasteiger partial charge in [-0.15, -0.1) is 11.3 Å². The Morgan fingerprint density at radius 2 is 2.25 bits per heavy atom. The Kier molecular flexibility index (Phi) is 3.88. The molecule has 0 bridgehead atoms. The lowest BCUT2D eigenvalue weighted by molar-refractivity contribution is 0.0384. The standard InChI is InChI=1S/C11H15N3OS/c1-9-10(8-12)16-11(13-9)2-3-14-4-6-15-7-5-14/h2-7H2,1H3. The molecule has 1 fully saturated rings. The van der Waals surface area contributed by atoms with Crippen LogP contribution in [0.1, 0.15) is 15.6 Å². The summed E-state index contributed by atoms with van der Waals surface area (Å²) in [4.78, 5) is 7.53. The molecule has 0 N–H and O–H groups in total. The molecule has 5 heteroatoms. The number of hydrogen-bond donors (Lipinski definition) is 0. The fourth-order valence-corrected chi connectivity index (χ4v) is 2.59. The molecule has 86 valence electrons. The molecule has 0 spiro atoms. The number of morpholine rings is 1. The van der Waals surface area contributed by atoms with E-state index in [0.29, 0.717) is 0 Å². The Labute approximate surface area is 99.5 Å². The summed E-state index contributed by atoms with van der Waals surface area (Å²) in [7, 11) is 0. The van der Waals surface area contributed by atoms with Gasteiger partial charge in [0.1, 0.15) is 10.9 Å². The molecular formula is C11H15N3OS. The highest BCUT2D eigenvalue weighted by Gasteiger charge is 2.12. The highest BCUT2D eigenvalue weighted by atomic mass is 32.1. The summed E-state index contributed by atoms with van der Waals surface area (Å²) in [6.45, 7) is 6.60. The maximum Gasteiger partial charge on any atom is 0.127 e. The second kappa shape index (κ2) is 5.39. The van der Waals surface area contributed by atoms with Crippen LogP contribution in [0.25, 0.3) is 0 Å². The summed E-state index contributed by atoms with van der Waals surface area (Å²) in [6, 6.07) is 2.18. The number of aryl methyl sites for hydroxylation is 1. The van der Waals surface area contributed by atoms with Crippen molar-refractivity contribution < 1.29 is 4.74 Å². The first-order valence-corrected chi connectivity index (χ1v) is 6.28. The van der Waals surface area contributed by atoms with E-state index in [1.807, 2.05) is 6.92 Å². The van der Waals surface area contributed by atoms with Gasteiger partial charge in [0.15, 0.2) is 0 Å². The molecule has 0 saturated carbocycles. The van der Waals surface area contributed by atoms with E-state index in [2.05, 4.69) is 16.0 Å². The number of aromatic nitrogens is 1. The van der Waals surface area contributed by atoms with Crippen molar-refractivity contribution in [3.63, 3.8) is 0 Å². The normalized spacial score (nSPS) is 17.2. The summed E-state index contributed by atoms with van der Waals surface area (Å²) in [5, 5.41) is 9.91. The molecule has 1 aromatic rings. The summed E-state index contributed by atoms with van der Waals surface area (Å²) in [5.41, 5.74) is 0.865. The van der Waals surface area contributed by atoms with Gasteiger partial charge in [0, 0.05) is 26.1 Å². The van der Waals surface area contributed by atoms with Crippen LogP contribution >= 0.6 is 11.3 Å². The SMILES string of the molecule is Cc1nc(CCN2CCOCC2)sc1C#N. The summed E-state index contributed by atoms with van der Waals surface area (Å²) in [5.74, 6) is 0. The van der Waals surface area contributed by atoms with Crippen molar-refractivity contribution in [1.29, 1.82) is 5.26 Å². The molecular weight excluding hydrogens is 222 g/mol. The molecule has 0 aromatic carbocycles. The van der Waals surface area contributed by atoms with Crippen LogP contribution in [0.5, 0.6) is 0 Å². The Hall–Kier alpha value is -0.960. The maximum atomic E-state index is 8.84. The monoisotopic (exact) mass is 237 g/mol. The van der Waals surface area contributed by atoms with Crippen LogP contribution in [0, 0.1) is 18.3 Å². The number of rotatable bonds is 3. The first-order chi connectivity index (χ1) is 7.79. The molecule has 2 rings (SSSR count). The van der Waals surface area contributed by atoms with Gasteiger partial charge in [0.2, 0.25) is 0 Å². The van der Waals surface area contributed by atoms with Crippen molar-refractivity contribution in [3.05, 3.63) is 15.6 Å². The van der Waals surface area contributed by atoms with Crippen LogP contribution in [0.15, 0.2) is 0 Å². The highest BCUT2D eigenvalue weighted by Crippen LogP contribution is 2.17. The second-order valence-corrected chi connectivity index (χ2v) is 4.92. The molecule has 1 aliphatic heterocycles. The van der Waals surface area contributed by atoms with E-state index in [0.717, 1.165) is 54.8 Å². The minimum atomic E-state index is 0.747. The average Bonchev–Trinajstić information content (AvgIpc) is 2.69. The number of nitrogens with zero attached hydrogens (tertiary/aromatic N) is 3. The average molecular weight is 237 g/mol. The van der Waals surface area contributed by atoms with Crippen LogP contribution < -0.4 is 0 Å². The third-order valence-corrected chi connectivity index (χ3v) is 3.81. The van der Waals surface area contributed by atoms with E-state index in [1.54, 1.807) is 0 Å². The van der Waals surface area contributed by atoms with Crippen LogP contribution in [0.4, 0.5) is 0 Å². The third kappa shape index (κ3) is 2.79. The first-order valence-electron chi connectivity index (χ1n) is 5.46. The predicted molar refractivity (Wildman–Crippen MR) is 62.5 cm³/mol. The van der Waals surface area contributed by atoms with Gasteiger partial charge in [-0.2, -0.15) is 5.26 Å². The van der Waals surface area contributed by atoms with Gasteiger partial charge in [0.05, 0.1) is 23.9 Å². The van der Waals surface area contributed by atoms with Crippen LogP contribution in [-0.2, 0) is 11.2 Å². The topological polar surface area (TPSA) is 49.2 Å². The molecule has 1 aliphatic rings. The lowest BCUT2D eigenvalue weighted by Gasteiger charge is -2.25. The van der Waals surface area contributed by atoms with E-state index in [9.17, 15) is 0 Å². The lowest BCUT2D eigenvalue weighted by Crippen LogP contribution is -2.37. The summed E-state index contributed by atoms with van der Waals surface area (Å²) >= 11 is 1.52. The zero-order valence-corrected chi connectivity index (χ0v) is 10.2. The predicted octanol–water partition coefficient (Wildman–Crippen LogP) is 1.20. The van der Waals surface area contributed by atoms with Crippen molar-refractivity contribution in [2.75, 3.05) is 32.8 Å². The van der Waals surface area contributed by atoms with Gasteiger partial charge in [-0.05, 0) is 6.92 Å². The van der Waals surface area contributed by atoms with E-state index >= 15 is 0 Å². The molecule has 2 heterocycles. The van der Waals surface area contributed by atoms with E-state index in [4.69, 9.17) is 10.00 Å². The van der Waals surface area contributed by atoms with E-state index in [1.165, 1.54) is 11.3 Å². The van der Waals surface area contributed by atoms with E-state index < -0.39 is 0 Å². The van der Waals surface area contributed by atoms with Crippen molar-refractivity contribution in [3.8, 4) is 6.07 Å². The van der Waals surface area contributed by atoms with Gasteiger partial charge in [0.25, 0.3) is 0 Å². The lowest BCUT2D eigenvalue weighted by atomic mass is 10.3. The van der Waals surface area contributed by atoms with Gasteiger partial charge in [-0.1, -0.05) is 0 Å². The van der Waals surface area contributed by atoms with Gasteiger partial charge in [-0.25, -0.2) is 4.98 Å². The molecule has 1 aromatic heterocycles. The van der Waals surface area contributed by atoms with Crippen LogP contribution in [-0.4, -0.2) is 42.7 Å². The molecule has 0 radical (unpaired) electrons. The largest absolute Gasteiger partial charge is 0.379 e. The third-order valence-electron chi connectivity index (χ3n) is 2.69. The van der Waals surface area contributed by atoms with Crippen LogP contribution in [0.3, 0.4) is 0 Å². The Bertz CT molecular complexity index is 390. The number of nitriles is 1. The molecule has 4 nitrogen and oxygen atoms in total. The molecule has 0 unspecified atom stereocenters. The zero-order chi connectivity index (χ0) is 11.4. The Balaban J connectivity index is 1.86. The fraction of sp³-hybridized carbons (Fsp3) is 0.636. The van der Waals surface area contributed by atoms with Crippen LogP contribution in [0.2, 0.25) is 0 Å². The summed E-state index contributed by atoms with van der Waals surface area (Å²) in [6.07, 6.45) is 0.938. The molecule has 0 atom stereocenters. The second-order valence-electron chi connectivity index (χ2n) is 3.84. The maximum absolute atomic E-state index is 8.84. The molecule has 0 amide bonds. The molecule has 1 saturated heterocycles. The smallest absolute Gasteiger partial charge is 0.127 e. The number of ether oxygens (including phenoxy) is 1. The van der Waals surface area contributed by atoms with Gasteiger partial charge >= 0.3 is 0 Å². The van der Waals surface area contributed by atoms with Gasteiger partial charge < -0.3 is 4.74 Å². The van der Waals surface area contributed by atoms with Crippen molar-refractivity contribution in [2.45, 2.75) is 13.3 Å². The first kappa shape index (κ1) is 11.5. The minimum absolute atomic E-state index is 0.747. The van der Waals surface area contributed by atoms with E-state index in [-0.39, 0.29) is 0 Å². The van der Waals surface area contributed by atoms with Crippen molar-refractivity contribution >= 4 is 11.3 Å². The Morgan fingerprint density at radius 1 is 1.50 bits per heavy atom. The number of thiazole rings is 1. The highest BCUT2D eigenvalue weighted by molar-refractivity contribution is 7.12. The quantitative estimate of drug-likeness (QED) is 0.792. The zero-order valence-electron chi connectivity index (χ0n) is 9.40. The van der Waals surface area contributed by atoms with Crippen molar-refractivity contribution in [2.24, 2.45) is 0 Å². The summed E-state index contributed by atoms with van der Waals surface area (Å²) < 4.78 is 5.29. The molecule has 0 aliphatic carbocycles.